The van der Waals surface area contributed by atoms with Gasteiger partial charge >= 0.3 is 0 Å². The maximum absolute atomic E-state index is 12.3. The molecule has 2 nitrogen and oxygen atoms in total. The lowest BCUT2D eigenvalue weighted by molar-refractivity contribution is 0.0441. The molecule has 1 atom stereocenters. The number of nitrogens with one attached hydrogen (secondary N) is 1. The van der Waals surface area contributed by atoms with Gasteiger partial charge in [0.05, 0.1) is 6.04 Å². The Kier molecular flexibility index (Phi) is 3.20. The molecule has 0 aromatic rings. The van der Waals surface area contributed by atoms with Crippen LogP contribution in [-0.2, 0) is 0 Å². The lowest BCUT2D eigenvalue weighted by Gasteiger charge is -2.24. The topological polar surface area (TPSA) is 15.3 Å². The van der Waals surface area contributed by atoms with Crippen molar-refractivity contribution < 1.29 is 8.78 Å². The standard InChI is InChI=1S/C7H14F2N2/c1-11-4-2-3-10-5-6(11)7(8)9/h6-7,10H,2-5H2,1H3. The second kappa shape index (κ2) is 3.97. The summed E-state index contributed by atoms with van der Waals surface area (Å²) in [6.07, 6.45) is -1.27. The van der Waals surface area contributed by atoms with Crippen molar-refractivity contribution in [2.24, 2.45) is 0 Å². The summed E-state index contributed by atoms with van der Waals surface area (Å²) in [4.78, 5) is 1.73. The number of likely N-dealkylation sites (N-methyl/N-ethyl adjacent to an activating group) is 1. The van der Waals surface area contributed by atoms with Crippen LogP contribution in [0.1, 0.15) is 6.42 Å². The molecule has 1 unspecified atom stereocenters. The van der Waals surface area contributed by atoms with Gasteiger partial charge in [0, 0.05) is 6.54 Å². The van der Waals surface area contributed by atoms with Crippen LogP contribution >= 0.6 is 0 Å². The molecule has 1 fully saturated rings. The van der Waals surface area contributed by atoms with Crippen molar-refractivity contribution >= 4 is 0 Å². The Bertz CT molecular complexity index is 119. The van der Waals surface area contributed by atoms with E-state index in [0.29, 0.717) is 6.54 Å². The zero-order chi connectivity index (χ0) is 8.27. The third kappa shape index (κ3) is 2.38. The van der Waals surface area contributed by atoms with Crippen molar-refractivity contribution in [2.45, 2.75) is 18.9 Å². The van der Waals surface area contributed by atoms with E-state index in [1.807, 2.05) is 0 Å². The number of halogens is 2. The van der Waals surface area contributed by atoms with Crippen molar-refractivity contribution in [3.05, 3.63) is 0 Å². The molecule has 11 heavy (non-hydrogen) atoms. The number of hydrogen-bond donors (Lipinski definition) is 1. The molecule has 0 spiro atoms. The second-order valence-electron chi connectivity index (χ2n) is 2.94. The van der Waals surface area contributed by atoms with Crippen LogP contribution in [0.25, 0.3) is 0 Å². The monoisotopic (exact) mass is 164 g/mol. The Morgan fingerprint density at radius 1 is 1.55 bits per heavy atom. The van der Waals surface area contributed by atoms with Gasteiger partial charge in [0.25, 0.3) is 6.43 Å². The van der Waals surface area contributed by atoms with E-state index in [1.54, 1.807) is 11.9 Å². The molecular formula is C7H14F2N2. The predicted octanol–water partition coefficient (Wildman–Crippen LogP) is 0.545. The molecule has 0 radical (unpaired) electrons. The minimum Gasteiger partial charge on any atom is -0.315 e. The molecule has 1 saturated heterocycles. The molecule has 0 amide bonds. The summed E-state index contributed by atoms with van der Waals surface area (Å²) in [6.45, 7) is 2.03. The minimum absolute atomic E-state index is 0.411. The third-order valence-corrected chi connectivity index (χ3v) is 2.07. The molecule has 0 aliphatic carbocycles. The van der Waals surface area contributed by atoms with Crippen LogP contribution in [0, 0.1) is 0 Å². The molecule has 0 aromatic heterocycles. The SMILES string of the molecule is CN1CCCNCC1C(F)F. The van der Waals surface area contributed by atoms with E-state index in [2.05, 4.69) is 5.32 Å². The van der Waals surface area contributed by atoms with E-state index >= 15 is 0 Å². The summed E-state index contributed by atoms with van der Waals surface area (Å²) >= 11 is 0. The predicted molar refractivity (Wildman–Crippen MR) is 39.9 cm³/mol. The van der Waals surface area contributed by atoms with Gasteiger partial charge in [0.1, 0.15) is 0 Å². The highest BCUT2D eigenvalue weighted by atomic mass is 19.3. The smallest absolute Gasteiger partial charge is 0.255 e. The molecule has 1 heterocycles. The summed E-state index contributed by atoms with van der Waals surface area (Å²) in [6, 6.07) is -0.600. The molecule has 1 rings (SSSR count). The molecule has 0 aromatic carbocycles. The number of nitrogens with zero attached hydrogens (tertiary/aromatic N) is 1. The Morgan fingerprint density at radius 2 is 2.27 bits per heavy atom. The van der Waals surface area contributed by atoms with Crippen LogP contribution in [0.3, 0.4) is 0 Å². The van der Waals surface area contributed by atoms with Gasteiger partial charge in [-0.3, -0.25) is 4.90 Å². The zero-order valence-corrected chi connectivity index (χ0v) is 6.69. The highest BCUT2D eigenvalue weighted by Gasteiger charge is 2.25. The van der Waals surface area contributed by atoms with Gasteiger partial charge in [-0.15, -0.1) is 0 Å². The molecule has 1 aliphatic heterocycles. The highest BCUT2D eigenvalue weighted by Crippen LogP contribution is 2.09. The first-order valence-electron chi connectivity index (χ1n) is 3.91. The van der Waals surface area contributed by atoms with Gasteiger partial charge < -0.3 is 5.32 Å². The fourth-order valence-electron chi connectivity index (χ4n) is 1.31. The Balaban J connectivity index is 2.45. The first kappa shape index (κ1) is 8.87. The van der Waals surface area contributed by atoms with Gasteiger partial charge in [-0.25, -0.2) is 8.78 Å². The van der Waals surface area contributed by atoms with Crippen LogP contribution in [0.4, 0.5) is 8.78 Å². The van der Waals surface area contributed by atoms with Crippen LogP contribution < -0.4 is 5.32 Å². The summed E-state index contributed by atoms with van der Waals surface area (Å²) in [5.74, 6) is 0. The zero-order valence-electron chi connectivity index (χ0n) is 6.69. The lowest BCUT2D eigenvalue weighted by atomic mass is 10.3. The van der Waals surface area contributed by atoms with Gasteiger partial charge in [-0.1, -0.05) is 0 Å². The summed E-state index contributed by atoms with van der Waals surface area (Å²) in [7, 11) is 1.75. The third-order valence-electron chi connectivity index (χ3n) is 2.07. The van der Waals surface area contributed by atoms with Crippen molar-refractivity contribution in [3.8, 4) is 0 Å². The maximum Gasteiger partial charge on any atom is 0.255 e. The molecule has 0 saturated carbocycles. The minimum atomic E-state index is -2.23. The van der Waals surface area contributed by atoms with Gasteiger partial charge in [0.15, 0.2) is 0 Å². The summed E-state index contributed by atoms with van der Waals surface area (Å²) in [5, 5.41) is 2.99. The van der Waals surface area contributed by atoms with Crippen molar-refractivity contribution in [1.29, 1.82) is 0 Å². The molecule has 1 aliphatic rings. The van der Waals surface area contributed by atoms with E-state index in [9.17, 15) is 8.78 Å². The van der Waals surface area contributed by atoms with Crippen LogP contribution in [-0.4, -0.2) is 44.0 Å². The van der Waals surface area contributed by atoms with Crippen LogP contribution in [0.2, 0.25) is 0 Å². The van der Waals surface area contributed by atoms with Crippen molar-refractivity contribution in [2.75, 3.05) is 26.7 Å². The second-order valence-corrected chi connectivity index (χ2v) is 2.94. The van der Waals surface area contributed by atoms with E-state index in [-0.39, 0.29) is 0 Å². The van der Waals surface area contributed by atoms with Gasteiger partial charge in [-0.2, -0.15) is 0 Å². The van der Waals surface area contributed by atoms with Crippen molar-refractivity contribution in [3.63, 3.8) is 0 Å². The number of alkyl halides is 2. The maximum atomic E-state index is 12.3. The largest absolute Gasteiger partial charge is 0.315 e. The average Bonchev–Trinajstić information content (AvgIpc) is 2.13. The fourth-order valence-corrected chi connectivity index (χ4v) is 1.31. The van der Waals surface area contributed by atoms with E-state index in [1.165, 1.54) is 0 Å². The highest BCUT2D eigenvalue weighted by molar-refractivity contribution is 4.76. The molecule has 0 bridgehead atoms. The molecule has 1 N–H and O–H groups in total. The van der Waals surface area contributed by atoms with E-state index < -0.39 is 12.5 Å². The summed E-state index contributed by atoms with van der Waals surface area (Å²) in [5.41, 5.74) is 0. The normalized spacial score (nSPS) is 28.9. The average molecular weight is 164 g/mol. The van der Waals surface area contributed by atoms with Crippen LogP contribution in [0.15, 0.2) is 0 Å². The number of rotatable bonds is 1. The first-order chi connectivity index (χ1) is 5.22. The van der Waals surface area contributed by atoms with E-state index in [0.717, 1.165) is 19.5 Å². The molecule has 4 heteroatoms. The van der Waals surface area contributed by atoms with Crippen molar-refractivity contribution in [1.82, 2.24) is 10.2 Å². The lowest BCUT2D eigenvalue weighted by Crippen LogP contribution is -2.42. The Hall–Kier alpha value is -0.220. The first-order valence-corrected chi connectivity index (χ1v) is 3.91. The molecular weight excluding hydrogens is 150 g/mol. The van der Waals surface area contributed by atoms with E-state index in [4.69, 9.17) is 0 Å². The Morgan fingerprint density at radius 3 is 2.91 bits per heavy atom. The Labute approximate surface area is 65.6 Å². The van der Waals surface area contributed by atoms with Gasteiger partial charge in [-0.05, 0) is 26.6 Å². The number of hydrogen-bond acceptors (Lipinski definition) is 2. The molecule has 66 valence electrons. The quantitative estimate of drug-likeness (QED) is 0.608. The fraction of sp³-hybridized carbons (Fsp3) is 1.00. The summed E-state index contributed by atoms with van der Waals surface area (Å²) < 4.78 is 24.5. The van der Waals surface area contributed by atoms with Crippen LogP contribution in [0.5, 0.6) is 0 Å². The van der Waals surface area contributed by atoms with Gasteiger partial charge in [0.2, 0.25) is 0 Å².